The maximum atomic E-state index is 10.5. The van der Waals surface area contributed by atoms with E-state index in [1.54, 1.807) is 12.4 Å². The highest BCUT2D eigenvalue weighted by molar-refractivity contribution is 5.26. The third-order valence-electron chi connectivity index (χ3n) is 3.31. The number of hydrogen-bond donors (Lipinski definition) is 1. The van der Waals surface area contributed by atoms with Crippen LogP contribution in [-0.4, -0.2) is 29.4 Å². The average Bonchev–Trinajstić information content (AvgIpc) is 3.26. The molecule has 4 heteroatoms. The van der Waals surface area contributed by atoms with Gasteiger partial charge in [0.05, 0.1) is 18.9 Å². The van der Waals surface area contributed by atoms with E-state index < -0.39 is 6.10 Å². The Morgan fingerprint density at radius 1 is 1.37 bits per heavy atom. The Bertz CT molecular complexity index is 393. The average molecular weight is 265 g/mol. The van der Waals surface area contributed by atoms with Crippen LogP contribution in [0, 0.1) is 5.92 Å². The van der Waals surface area contributed by atoms with E-state index in [0.717, 1.165) is 24.8 Å². The van der Waals surface area contributed by atoms with Gasteiger partial charge < -0.3 is 14.6 Å². The van der Waals surface area contributed by atoms with Gasteiger partial charge in [0, 0.05) is 18.4 Å². The summed E-state index contributed by atoms with van der Waals surface area (Å²) in [6.07, 6.45) is 5.87. The van der Waals surface area contributed by atoms with Crippen LogP contribution in [0.4, 0.5) is 0 Å². The van der Waals surface area contributed by atoms with E-state index in [0.29, 0.717) is 24.9 Å². The van der Waals surface area contributed by atoms with Gasteiger partial charge in [-0.25, -0.2) is 0 Å². The smallest absolute Gasteiger partial charge is 0.137 e. The van der Waals surface area contributed by atoms with E-state index in [1.165, 1.54) is 0 Å². The van der Waals surface area contributed by atoms with Crippen molar-refractivity contribution < 1.29 is 14.6 Å². The Morgan fingerprint density at radius 3 is 2.79 bits per heavy atom. The van der Waals surface area contributed by atoms with Gasteiger partial charge in [0.2, 0.25) is 0 Å². The Kier molecular flexibility index (Phi) is 5.16. The molecule has 4 nitrogen and oxygen atoms in total. The molecule has 0 saturated heterocycles. The molecule has 2 unspecified atom stereocenters. The highest BCUT2D eigenvalue weighted by Gasteiger charge is 2.37. The standard InChI is InChI=1S/C15H23NO3/c1-3-7-19-13-8-12(9-16-10-13)14(17)15(18-4-2)11-5-6-11/h8-11,14-15,17H,3-7H2,1-2H3. The van der Waals surface area contributed by atoms with E-state index in [9.17, 15) is 5.11 Å². The summed E-state index contributed by atoms with van der Waals surface area (Å²) in [5.41, 5.74) is 0.777. The molecule has 0 amide bonds. The van der Waals surface area contributed by atoms with Crippen LogP contribution >= 0.6 is 0 Å². The maximum Gasteiger partial charge on any atom is 0.137 e. The first-order chi connectivity index (χ1) is 9.26. The van der Waals surface area contributed by atoms with Crippen molar-refractivity contribution in [2.75, 3.05) is 13.2 Å². The van der Waals surface area contributed by atoms with Gasteiger partial charge >= 0.3 is 0 Å². The molecule has 1 aromatic heterocycles. The minimum atomic E-state index is -0.620. The number of aliphatic hydroxyl groups excluding tert-OH is 1. The number of rotatable bonds is 8. The van der Waals surface area contributed by atoms with E-state index in [-0.39, 0.29) is 6.10 Å². The molecule has 0 bridgehead atoms. The molecule has 2 atom stereocenters. The lowest BCUT2D eigenvalue weighted by Crippen LogP contribution is -2.24. The highest BCUT2D eigenvalue weighted by Crippen LogP contribution is 2.40. The number of hydrogen-bond acceptors (Lipinski definition) is 4. The normalized spacial score (nSPS) is 18.1. The van der Waals surface area contributed by atoms with Crippen LogP contribution in [0.1, 0.15) is 44.8 Å². The van der Waals surface area contributed by atoms with Gasteiger partial charge in [0.15, 0.2) is 0 Å². The molecular weight excluding hydrogens is 242 g/mol. The summed E-state index contributed by atoms with van der Waals surface area (Å²) in [6, 6.07) is 1.86. The van der Waals surface area contributed by atoms with Crippen LogP contribution in [0.25, 0.3) is 0 Å². The van der Waals surface area contributed by atoms with Crippen LogP contribution in [0.2, 0.25) is 0 Å². The number of nitrogens with zero attached hydrogens (tertiary/aromatic N) is 1. The largest absolute Gasteiger partial charge is 0.492 e. The predicted molar refractivity (Wildman–Crippen MR) is 73.1 cm³/mol. The fourth-order valence-electron chi connectivity index (χ4n) is 2.19. The van der Waals surface area contributed by atoms with Crippen LogP contribution in [0.5, 0.6) is 5.75 Å². The first-order valence-electron chi connectivity index (χ1n) is 7.13. The minimum Gasteiger partial charge on any atom is -0.492 e. The zero-order chi connectivity index (χ0) is 13.7. The molecule has 19 heavy (non-hydrogen) atoms. The molecule has 1 aliphatic rings. The quantitative estimate of drug-likeness (QED) is 0.785. The first-order valence-corrected chi connectivity index (χ1v) is 7.13. The second kappa shape index (κ2) is 6.87. The third kappa shape index (κ3) is 3.91. The number of aliphatic hydroxyl groups is 1. The Labute approximate surface area is 114 Å². The van der Waals surface area contributed by atoms with Crippen molar-refractivity contribution in [2.24, 2.45) is 5.92 Å². The van der Waals surface area contributed by atoms with Gasteiger partial charge in [0.1, 0.15) is 11.9 Å². The van der Waals surface area contributed by atoms with Crippen LogP contribution in [-0.2, 0) is 4.74 Å². The first kappa shape index (κ1) is 14.3. The van der Waals surface area contributed by atoms with E-state index in [1.807, 2.05) is 13.0 Å². The van der Waals surface area contributed by atoms with E-state index in [2.05, 4.69) is 11.9 Å². The topological polar surface area (TPSA) is 51.6 Å². The van der Waals surface area contributed by atoms with Gasteiger partial charge in [0.25, 0.3) is 0 Å². The van der Waals surface area contributed by atoms with Crippen molar-refractivity contribution in [3.05, 3.63) is 24.0 Å². The molecule has 1 aromatic rings. The summed E-state index contributed by atoms with van der Waals surface area (Å²) < 4.78 is 11.2. The molecule has 0 aliphatic heterocycles. The van der Waals surface area contributed by atoms with Crippen molar-refractivity contribution >= 4 is 0 Å². The van der Waals surface area contributed by atoms with Crippen molar-refractivity contribution in [1.82, 2.24) is 4.98 Å². The minimum absolute atomic E-state index is 0.117. The van der Waals surface area contributed by atoms with Gasteiger partial charge in [-0.15, -0.1) is 0 Å². The second-order valence-electron chi connectivity index (χ2n) is 5.00. The molecule has 1 fully saturated rings. The van der Waals surface area contributed by atoms with Crippen molar-refractivity contribution in [3.63, 3.8) is 0 Å². The monoisotopic (exact) mass is 265 g/mol. The molecule has 1 heterocycles. The second-order valence-corrected chi connectivity index (χ2v) is 5.00. The summed E-state index contributed by atoms with van der Waals surface area (Å²) in [6.45, 7) is 5.31. The van der Waals surface area contributed by atoms with Crippen LogP contribution < -0.4 is 4.74 Å². The molecule has 0 radical (unpaired) electrons. The zero-order valence-corrected chi connectivity index (χ0v) is 11.7. The molecule has 1 aliphatic carbocycles. The van der Waals surface area contributed by atoms with Crippen LogP contribution in [0.3, 0.4) is 0 Å². The van der Waals surface area contributed by atoms with Crippen molar-refractivity contribution in [3.8, 4) is 5.75 Å². The Balaban J connectivity index is 2.05. The SMILES string of the molecule is CCCOc1cncc(C(O)C(OCC)C2CC2)c1. The summed E-state index contributed by atoms with van der Waals surface area (Å²) >= 11 is 0. The van der Waals surface area contributed by atoms with Gasteiger partial charge in [-0.2, -0.15) is 0 Å². The molecular formula is C15H23NO3. The maximum absolute atomic E-state index is 10.5. The zero-order valence-electron chi connectivity index (χ0n) is 11.7. The lowest BCUT2D eigenvalue weighted by atomic mass is 10.0. The molecule has 106 valence electrons. The number of aromatic nitrogens is 1. The molecule has 1 saturated carbocycles. The summed E-state index contributed by atoms with van der Waals surface area (Å²) in [5.74, 6) is 1.19. The molecule has 0 spiro atoms. The fraction of sp³-hybridized carbons (Fsp3) is 0.667. The highest BCUT2D eigenvalue weighted by atomic mass is 16.5. The molecule has 0 aromatic carbocycles. The number of pyridine rings is 1. The van der Waals surface area contributed by atoms with Gasteiger partial charge in [-0.05, 0) is 38.2 Å². The van der Waals surface area contributed by atoms with Gasteiger partial charge in [-0.3, -0.25) is 4.98 Å². The Morgan fingerprint density at radius 2 is 2.16 bits per heavy atom. The summed E-state index contributed by atoms with van der Waals surface area (Å²) in [5, 5.41) is 10.5. The van der Waals surface area contributed by atoms with Crippen LogP contribution in [0.15, 0.2) is 18.5 Å². The fourth-order valence-corrected chi connectivity index (χ4v) is 2.19. The predicted octanol–water partition coefficient (Wildman–Crippen LogP) is 2.72. The van der Waals surface area contributed by atoms with E-state index >= 15 is 0 Å². The van der Waals surface area contributed by atoms with E-state index in [4.69, 9.17) is 9.47 Å². The molecule has 1 N–H and O–H groups in total. The van der Waals surface area contributed by atoms with Crippen molar-refractivity contribution in [1.29, 1.82) is 0 Å². The lowest BCUT2D eigenvalue weighted by molar-refractivity contribution is -0.0463. The summed E-state index contributed by atoms with van der Waals surface area (Å²) in [7, 11) is 0. The molecule has 2 rings (SSSR count). The lowest BCUT2D eigenvalue weighted by Gasteiger charge is -2.23. The third-order valence-corrected chi connectivity index (χ3v) is 3.31. The van der Waals surface area contributed by atoms with Gasteiger partial charge in [-0.1, -0.05) is 6.92 Å². The van der Waals surface area contributed by atoms with Crippen molar-refractivity contribution in [2.45, 2.75) is 45.3 Å². The Hall–Kier alpha value is -1.13. The number of ether oxygens (including phenoxy) is 2. The summed E-state index contributed by atoms with van der Waals surface area (Å²) in [4.78, 5) is 4.14.